The zero-order valence-corrected chi connectivity index (χ0v) is 22.8. The first kappa shape index (κ1) is 26.4. The normalized spacial score (nSPS) is 15.5. The molecule has 0 saturated heterocycles. The Balaban J connectivity index is 1.63. The minimum atomic E-state index is -0.886. The fourth-order valence-corrected chi connectivity index (χ4v) is 5.05. The summed E-state index contributed by atoms with van der Waals surface area (Å²) in [4.78, 5) is 28.9. The lowest BCUT2D eigenvalue weighted by Crippen LogP contribution is -2.31. The van der Waals surface area contributed by atoms with Gasteiger partial charge in [-0.05, 0) is 60.4 Å². The molecule has 0 spiro atoms. The van der Waals surface area contributed by atoms with Crippen LogP contribution in [0.25, 0.3) is 11.0 Å². The molecule has 0 bridgehead atoms. The summed E-state index contributed by atoms with van der Waals surface area (Å²) in [5.74, 6) is -0.648. The van der Waals surface area contributed by atoms with E-state index >= 15 is 0 Å². The number of anilines is 1. The summed E-state index contributed by atoms with van der Waals surface area (Å²) in [5.41, 5.74) is 2.56. The van der Waals surface area contributed by atoms with Gasteiger partial charge in [-0.3, -0.25) is 14.5 Å². The predicted octanol–water partition coefficient (Wildman–Crippen LogP) is 7.40. The number of carbonyl (C=O) groups is 2. The van der Waals surface area contributed by atoms with Crippen molar-refractivity contribution >= 4 is 39.9 Å². The van der Waals surface area contributed by atoms with Gasteiger partial charge in [0.1, 0.15) is 5.75 Å². The molecule has 1 atom stereocenters. The van der Waals surface area contributed by atoms with Gasteiger partial charge in [-0.15, -0.1) is 0 Å². The highest BCUT2D eigenvalue weighted by atomic mass is 35.5. The molecular formula is C31H28ClNO6. The van der Waals surface area contributed by atoms with Gasteiger partial charge in [0.05, 0.1) is 25.3 Å². The summed E-state index contributed by atoms with van der Waals surface area (Å²) < 4.78 is 16.8. The number of Topliss-reactive ketones (excluding diaryl/α,β-unsaturated/α-hetero) is 1. The van der Waals surface area contributed by atoms with E-state index in [0.717, 1.165) is 5.56 Å². The maximum atomic E-state index is 13.9. The van der Waals surface area contributed by atoms with Crippen LogP contribution in [0.4, 0.5) is 5.69 Å². The number of rotatable bonds is 8. The maximum absolute atomic E-state index is 13.9. The Morgan fingerprint density at radius 1 is 1.08 bits per heavy atom. The van der Waals surface area contributed by atoms with Crippen LogP contribution in [0.2, 0.25) is 5.02 Å². The van der Waals surface area contributed by atoms with Crippen molar-refractivity contribution < 1.29 is 28.6 Å². The molecule has 3 aromatic carbocycles. The van der Waals surface area contributed by atoms with Gasteiger partial charge in [0.15, 0.2) is 22.9 Å². The molecule has 1 unspecified atom stereocenters. The molecule has 1 amide bonds. The van der Waals surface area contributed by atoms with Crippen LogP contribution >= 0.6 is 11.6 Å². The van der Waals surface area contributed by atoms with E-state index in [0.29, 0.717) is 51.3 Å². The first-order valence-corrected chi connectivity index (χ1v) is 13.0. The van der Waals surface area contributed by atoms with Crippen molar-refractivity contribution in [3.05, 3.63) is 100.0 Å². The van der Waals surface area contributed by atoms with Gasteiger partial charge in [-0.2, -0.15) is 0 Å². The number of furan rings is 1. The average Bonchev–Trinajstić information content (AvgIpc) is 3.47. The maximum Gasteiger partial charge on any atom is 0.294 e. The molecule has 1 aliphatic heterocycles. The minimum Gasteiger partial charge on any atom is -0.503 e. The number of methoxy groups -OCH3 is 1. The number of carbonyl (C=O) groups excluding carboxylic acids is 2. The smallest absolute Gasteiger partial charge is 0.294 e. The largest absolute Gasteiger partial charge is 0.503 e. The predicted molar refractivity (Wildman–Crippen MR) is 150 cm³/mol. The second kappa shape index (κ2) is 10.5. The molecule has 1 aromatic heterocycles. The Bertz CT molecular complexity index is 1580. The SMILES string of the molecule is CCOc1ccc(N2C(=O)C(O)=C(C(=O)c3cc4cc(Cl)cc(OC)c4o3)C2c2ccc(C(C)C)cc2)cc1. The molecule has 0 aliphatic carbocycles. The number of hydrogen-bond donors (Lipinski definition) is 1. The molecule has 8 heteroatoms. The summed E-state index contributed by atoms with van der Waals surface area (Å²) >= 11 is 6.20. The Morgan fingerprint density at radius 2 is 1.77 bits per heavy atom. The van der Waals surface area contributed by atoms with Crippen molar-refractivity contribution in [1.82, 2.24) is 0 Å². The second-order valence-corrected chi connectivity index (χ2v) is 9.99. The number of halogens is 1. The number of nitrogens with zero attached hydrogens (tertiary/aromatic N) is 1. The average molecular weight is 546 g/mol. The fraction of sp³-hybridized carbons (Fsp3) is 0.226. The standard InChI is InChI=1S/C31H28ClNO6/c1-5-38-23-12-10-22(11-13-23)33-27(19-8-6-18(7-9-19)17(2)3)26(29(35)31(33)36)28(34)24-15-20-14-21(32)16-25(37-4)30(20)39-24/h6-17,27,35H,5H2,1-4H3. The van der Waals surface area contributed by atoms with E-state index in [1.165, 1.54) is 18.1 Å². The van der Waals surface area contributed by atoms with Crippen LogP contribution in [0.3, 0.4) is 0 Å². The number of aliphatic hydroxyl groups is 1. The first-order valence-electron chi connectivity index (χ1n) is 12.6. The van der Waals surface area contributed by atoms with Gasteiger partial charge in [-0.1, -0.05) is 49.7 Å². The fourth-order valence-electron chi connectivity index (χ4n) is 4.83. The van der Waals surface area contributed by atoms with Crippen LogP contribution in [0.15, 0.2) is 82.5 Å². The molecular weight excluding hydrogens is 518 g/mol. The number of hydrogen-bond acceptors (Lipinski definition) is 6. The van der Waals surface area contributed by atoms with Gasteiger partial charge in [0, 0.05) is 22.2 Å². The lowest BCUT2D eigenvalue weighted by atomic mass is 9.92. The third-order valence-electron chi connectivity index (χ3n) is 6.79. The molecule has 5 rings (SSSR count). The number of ether oxygens (including phenoxy) is 2. The number of benzene rings is 3. The molecule has 7 nitrogen and oxygen atoms in total. The molecule has 1 aliphatic rings. The van der Waals surface area contributed by atoms with Crippen molar-refractivity contribution in [3.8, 4) is 11.5 Å². The molecule has 0 saturated carbocycles. The van der Waals surface area contributed by atoms with Crippen molar-refractivity contribution in [1.29, 1.82) is 0 Å². The summed E-state index contributed by atoms with van der Waals surface area (Å²) in [7, 11) is 1.48. The zero-order chi connectivity index (χ0) is 27.8. The summed E-state index contributed by atoms with van der Waals surface area (Å²) in [6, 6.07) is 18.5. The number of ketones is 1. The topological polar surface area (TPSA) is 89.2 Å². The first-order chi connectivity index (χ1) is 18.7. The Hall–Kier alpha value is -4.23. The van der Waals surface area contributed by atoms with E-state index in [1.807, 2.05) is 31.2 Å². The van der Waals surface area contributed by atoms with E-state index in [9.17, 15) is 14.7 Å². The zero-order valence-electron chi connectivity index (χ0n) is 22.0. The van der Waals surface area contributed by atoms with Gasteiger partial charge < -0.3 is 19.0 Å². The molecule has 1 N–H and O–H groups in total. The van der Waals surface area contributed by atoms with Gasteiger partial charge in [0.25, 0.3) is 5.91 Å². The van der Waals surface area contributed by atoms with Crippen LogP contribution in [0.5, 0.6) is 11.5 Å². The van der Waals surface area contributed by atoms with E-state index in [1.54, 1.807) is 36.4 Å². The second-order valence-electron chi connectivity index (χ2n) is 9.55. The Morgan fingerprint density at radius 3 is 2.38 bits per heavy atom. The van der Waals surface area contributed by atoms with Crippen LogP contribution < -0.4 is 14.4 Å². The van der Waals surface area contributed by atoms with Gasteiger partial charge in [-0.25, -0.2) is 0 Å². The lowest BCUT2D eigenvalue weighted by Gasteiger charge is -2.27. The van der Waals surface area contributed by atoms with E-state index in [2.05, 4.69) is 13.8 Å². The minimum absolute atomic E-state index is 0.0442. The van der Waals surface area contributed by atoms with Crippen molar-refractivity contribution in [2.75, 3.05) is 18.6 Å². The van der Waals surface area contributed by atoms with Crippen LogP contribution in [-0.4, -0.2) is 30.5 Å². The van der Waals surface area contributed by atoms with Gasteiger partial charge in [0.2, 0.25) is 5.78 Å². The van der Waals surface area contributed by atoms with E-state index in [4.69, 9.17) is 25.5 Å². The highest BCUT2D eigenvalue weighted by Gasteiger charge is 2.45. The summed E-state index contributed by atoms with van der Waals surface area (Å²) in [6.07, 6.45) is 0. The highest BCUT2D eigenvalue weighted by Crippen LogP contribution is 2.43. The van der Waals surface area contributed by atoms with Crippen LogP contribution in [0, 0.1) is 0 Å². The van der Waals surface area contributed by atoms with Crippen molar-refractivity contribution in [3.63, 3.8) is 0 Å². The molecule has 2 heterocycles. The highest BCUT2D eigenvalue weighted by molar-refractivity contribution is 6.31. The van der Waals surface area contributed by atoms with Crippen LogP contribution in [-0.2, 0) is 4.79 Å². The Labute approximate surface area is 231 Å². The molecule has 200 valence electrons. The molecule has 0 fully saturated rings. The number of aliphatic hydroxyl groups excluding tert-OH is 1. The van der Waals surface area contributed by atoms with Crippen molar-refractivity contribution in [2.45, 2.75) is 32.7 Å². The van der Waals surface area contributed by atoms with E-state index < -0.39 is 23.5 Å². The van der Waals surface area contributed by atoms with Crippen molar-refractivity contribution in [2.24, 2.45) is 0 Å². The lowest BCUT2D eigenvalue weighted by molar-refractivity contribution is -0.117. The third kappa shape index (κ3) is 4.74. The van der Waals surface area contributed by atoms with E-state index in [-0.39, 0.29) is 11.3 Å². The summed E-state index contributed by atoms with van der Waals surface area (Å²) in [5, 5.41) is 12.1. The van der Waals surface area contributed by atoms with Crippen LogP contribution in [0.1, 0.15) is 54.4 Å². The number of fused-ring (bicyclic) bond motifs is 1. The van der Waals surface area contributed by atoms with Gasteiger partial charge >= 0.3 is 0 Å². The third-order valence-corrected chi connectivity index (χ3v) is 7.01. The monoisotopic (exact) mass is 545 g/mol. The molecule has 4 aromatic rings. The Kier molecular flexibility index (Phi) is 7.10. The quantitative estimate of drug-likeness (QED) is 0.232. The summed E-state index contributed by atoms with van der Waals surface area (Å²) in [6.45, 7) is 6.56. The number of amides is 1. The molecule has 0 radical (unpaired) electrons. The molecule has 39 heavy (non-hydrogen) atoms.